The van der Waals surface area contributed by atoms with Gasteiger partial charge in [0, 0.05) is 31.5 Å². The molecule has 2 aliphatic carbocycles. The Kier molecular flexibility index (Phi) is 3.61. The molecule has 0 unspecified atom stereocenters. The van der Waals surface area contributed by atoms with E-state index in [0.717, 1.165) is 43.4 Å². The van der Waals surface area contributed by atoms with Crippen molar-refractivity contribution in [3.8, 4) is 0 Å². The Hall–Kier alpha value is -1.76. The molecule has 0 amide bonds. The van der Waals surface area contributed by atoms with Crippen LogP contribution in [0.25, 0.3) is 0 Å². The number of nitrogens with one attached hydrogen (secondary N) is 1. The van der Waals surface area contributed by atoms with Crippen LogP contribution in [0.15, 0.2) is 6.07 Å². The number of anilines is 2. The zero-order valence-electron chi connectivity index (χ0n) is 13.7. The van der Waals surface area contributed by atoms with Crippen molar-refractivity contribution in [1.82, 2.24) is 20.4 Å². The minimum atomic E-state index is 0.649. The van der Waals surface area contributed by atoms with E-state index in [-0.39, 0.29) is 0 Å². The standard InChI is InChI=1S/C17H22N6S/c1-2-4-14-13(3-1)7-15(20-19-14)23-9-11(10-23)8-18-17-22-21-16(24-17)12-5-6-12/h7,11-12H,1-6,8-10H2,(H,18,22). The van der Waals surface area contributed by atoms with Crippen molar-refractivity contribution in [3.63, 3.8) is 0 Å². The summed E-state index contributed by atoms with van der Waals surface area (Å²) in [7, 11) is 0. The average Bonchev–Trinajstić information content (AvgIpc) is 3.32. The van der Waals surface area contributed by atoms with E-state index >= 15 is 0 Å². The highest BCUT2D eigenvalue weighted by Crippen LogP contribution is 2.42. The third-order valence-electron chi connectivity index (χ3n) is 5.25. The van der Waals surface area contributed by atoms with Gasteiger partial charge in [0.25, 0.3) is 0 Å². The van der Waals surface area contributed by atoms with Gasteiger partial charge in [-0.2, -0.15) is 5.10 Å². The zero-order valence-corrected chi connectivity index (χ0v) is 14.6. The molecular weight excluding hydrogens is 320 g/mol. The number of aryl methyl sites for hydroxylation is 2. The highest BCUT2D eigenvalue weighted by molar-refractivity contribution is 7.15. The molecule has 1 saturated heterocycles. The van der Waals surface area contributed by atoms with Gasteiger partial charge < -0.3 is 10.2 Å². The first-order valence-corrected chi connectivity index (χ1v) is 9.84. The summed E-state index contributed by atoms with van der Waals surface area (Å²) in [4.78, 5) is 2.34. The maximum absolute atomic E-state index is 4.44. The van der Waals surface area contributed by atoms with E-state index in [2.05, 4.69) is 36.7 Å². The Labute approximate surface area is 145 Å². The topological polar surface area (TPSA) is 66.8 Å². The molecule has 24 heavy (non-hydrogen) atoms. The fourth-order valence-electron chi connectivity index (χ4n) is 3.55. The Balaban J connectivity index is 1.14. The van der Waals surface area contributed by atoms with Crippen LogP contribution < -0.4 is 10.2 Å². The molecule has 5 rings (SSSR count). The maximum atomic E-state index is 4.44. The third-order valence-corrected chi connectivity index (χ3v) is 6.29. The van der Waals surface area contributed by atoms with Crippen molar-refractivity contribution < 1.29 is 0 Å². The van der Waals surface area contributed by atoms with Gasteiger partial charge >= 0.3 is 0 Å². The van der Waals surface area contributed by atoms with Crippen LogP contribution in [0.4, 0.5) is 10.9 Å². The van der Waals surface area contributed by atoms with Crippen molar-refractivity contribution in [1.29, 1.82) is 0 Å². The molecular formula is C17H22N6S. The summed E-state index contributed by atoms with van der Waals surface area (Å²) in [6.45, 7) is 3.07. The Morgan fingerprint density at radius 2 is 1.96 bits per heavy atom. The van der Waals surface area contributed by atoms with Crippen LogP contribution in [0.5, 0.6) is 0 Å². The second-order valence-corrected chi connectivity index (χ2v) is 8.26. The van der Waals surface area contributed by atoms with Gasteiger partial charge in [0.15, 0.2) is 5.82 Å². The zero-order chi connectivity index (χ0) is 15.9. The van der Waals surface area contributed by atoms with Crippen molar-refractivity contribution in [2.45, 2.75) is 44.4 Å². The third kappa shape index (κ3) is 2.85. The molecule has 2 aromatic heterocycles. The molecule has 1 aliphatic heterocycles. The summed E-state index contributed by atoms with van der Waals surface area (Å²) in [5.74, 6) is 2.40. The van der Waals surface area contributed by atoms with Crippen molar-refractivity contribution in [2.75, 3.05) is 29.9 Å². The van der Waals surface area contributed by atoms with Crippen LogP contribution in [-0.2, 0) is 12.8 Å². The number of nitrogens with zero attached hydrogens (tertiary/aromatic N) is 5. The lowest BCUT2D eigenvalue weighted by Crippen LogP contribution is -2.50. The lowest BCUT2D eigenvalue weighted by atomic mass is 9.95. The highest BCUT2D eigenvalue weighted by Gasteiger charge is 2.30. The number of hydrogen-bond acceptors (Lipinski definition) is 7. The van der Waals surface area contributed by atoms with Gasteiger partial charge in [-0.15, -0.1) is 15.3 Å². The van der Waals surface area contributed by atoms with E-state index in [1.807, 2.05) is 0 Å². The van der Waals surface area contributed by atoms with Crippen LogP contribution >= 0.6 is 11.3 Å². The molecule has 1 N–H and O–H groups in total. The summed E-state index contributed by atoms with van der Waals surface area (Å²) in [6, 6.07) is 2.26. The summed E-state index contributed by atoms with van der Waals surface area (Å²) in [5.41, 5.74) is 2.63. The lowest BCUT2D eigenvalue weighted by molar-refractivity contribution is 0.424. The largest absolute Gasteiger partial charge is 0.360 e. The molecule has 0 aromatic carbocycles. The first kappa shape index (κ1) is 14.6. The molecule has 126 valence electrons. The Morgan fingerprint density at radius 3 is 2.83 bits per heavy atom. The summed E-state index contributed by atoms with van der Waals surface area (Å²) in [5, 5.41) is 23.0. The predicted octanol–water partition coefficient (Wildman–Crippen LogP) is 2.63. The van der Waals surface area contributed by atoms with Gasteiger partial charge in [0.05, 0.1) is 5.69 Å². The molecule has 0 bridgehead atoms. The monoisotopic (exact) mass is 342 g/mol. The van der Waals surface area contributed by atoms with E-state index in [4.69, 9.17) is 0 Å². The first-order chi connectivity index (χ1) is 11.8. The molecule has 2 fully saturated rings. The molecule has 6 nitrogen and oxygen atoms in total. The predicted molar refractivity (Wildman–Crippen MR) is 94.8 cm³/mol. The molecule has 7 heteroatoms. The second-order valence-electron chi connectivity index (χ2n) is 7.25. The van der Waals surface area contributed by atoms with Gasteiger partial charge in [-0.1, -0.05) is 11.3 Å². The highest BCUT2D eigenvalue weighted by atomic mass is 32.1. The summed E-state index contributed by atoms with van der Waals surface area (Å²) in [6.07, 6.45) is 7.38. The van der Waals surface area contributed by atoms with Crippen LogP contribution in [-0.4, -0.2) is 40.0 Å². The van der Waals surface area contributed by atoms with E-state index in [9.17, 15) is 0 Å². The molecule has 0 radical (unpaired) electrons. The minimum Gasteiger partial charge on any atom is -0.360 e. The number of rotatable bonds is 5. The van der Waals surface area contributed by atoms with Gasteiger partial charge in [0.1, 0.15) is 5.01 Å². The second kappa shape index (κ2) is 5.95. The Bertz CT molecular complexity index is 734. The summed E-state index contributed by atoms with van der Waals surface area (Å²) >= 11 is 1.72. The maximum Gasteiger partial charge on any atom is 0.205 e. The normalized spacial score (nSPS) is 20.6. The molecule has 3 aliphatic rings. The van der Waals surface area contributed by atoms with E-state index in [1.165, 1.54) is 41.9 Å². The minimum absolute atomic E-state index is 0.649. The average molecular weight is 342 g/mol. The molecule has 3 heterocycles. The SMILES string of the molecule is c1c(N2CC(CNc3nnc(C4CC4)s3)C2)nnc2c1CCCC2. The molecule has 0 atom stereocenters. The van der Waals surface area contributed by atoms with Gasteiger partial charge in [-0.05, 0) is 50.2 Å². The Morgan fingerprint density at radius 1 is 1.08 bits per heavy atom. The van der Waals surface area contributed by atoms with E-state index in [1.54, 1.807) is 11.3 Å². The first-order valence-electron chi connectivity index (χ1n) is 9.03. The van der Waals surface area contributed by atoms with E-state index in [0.29, 0.717) is 11.8 Å². The molecule has 1 saturated carbocycles. The number of hydrogen-bond donors (Lipinski definition) is 1. The van der Waals surface area contributed by atoms with Gasteiger partial charge in [0.2, 0.25) is 5.13 Å². The van der Waals surface area contributed by atoms with Crippen molar-refractivity contribution in [3.05, 3.63) is 22.3 Å². The van der Waals surface area contributed by atoms with Crippen LogP contribution in [0.3, 0.4) is 0 Å². The lowest BCUT2D eigenvalue weighted by Gasteiger charge is -2.40. The quantitative estimate of drug-likeness (QED) is 0.901. The van der Waals surface area contributed by atoms with Gasteiger partial charge in [-0.25, -0.2) is 0 Å². The fraction of sp³-hybridized carbons (Fsp3) is 0.647. The molecule has 0 spiro atoms. The number of fused-ring (bicyclic) bond motifs is 1. The molecule has 2 aromatic rings. The fourth-order valence-corrected chi connectivity index (χ4v) is 4.47. The van der Waals surface area contributed by atoms with Crippen molar-refractivity contribution >= 4 is 22.3 Å². The van der Waals surface area contributed by atoms with Crippen LogP contribution in [0.2, 0.25) is 0 Å². The van der Waals surface area contributed by atoms with E-state index < -0.39 is 0 Å². The smallest absolute Gasteiger partial charge is 0.205 e. The summed E-state index contributed by atoms with van der Waals surface area (Å²) < 4.78 is 0. The van der Waals surface area contributed by atoms with Crippen LogP contribution in [0.1, 0.15) is 47.9 Å². The van der Waals surface area contributed by atoms with Crippen LogP contribution in [0, 0.1) is 5.92 Å². The van der Waals surface area contributed by atoms with Crippen molar-refractivity contribution in [2.24, 2.45) is 5.92 Å². The van der Waals surface area contributed by atoms with Gasteiger partial charge in [-0.3, -0.25) is 0 Å². The number of aromatic nitrogens is 4.